The molecule has 2 rings (SSSR count). The van der Waals surface area contributed by atoms with Crippen molar-refractivity contribution in [3.05, 3.63) is 73.8 Å². The fourth-order valence-corrected chi connectivity index (χ4v) is 3.34. The van der Waals surface area contributed by atoms with Gasteiger partial charge < -0.3 is 9.47 Å². The van der Waals surface area contributed by atoms with Gasteiger partial charge in [0.25, 0.3) is 0 Å². The Morgan fingerprint density at radius 1 is 0.870 bits per heavy atom. The Kier molecular flexibility index (Phi) is 5.60. The van der Waals surface area contributed by atoms with Crippen molar-refractivity contribution in [2.45, 2.75) is 9.79 Å². The Morgan fingerprint density at radius 3 is 2.13 bits per heavy atom. The summed E-state index contributed by atoms with van der Waals surface area (Å²) >= 11 is 0. The number of sulfone groups is 1. The summed E-state index contributed by atoms with van der Waals surface area (Å²) in [5, 5.41) is 0. The van der Waals surface area contributed by atoms with Gasteiger partial charge >= 0.3 is 0 Å². The molecule has 23 heavy (non-hydrogen) atoms. The van der Waals surface area contributed by atoms with E-state index in [1.807, 2.05) is 0 Å². The number of ether oxygens (including phenoxy) is 2. The normalized spacial score (nSPS) is 10.8. The molecule has 4 nitrogen and oxygen atoms in total. The molecule has 2 aromatic carbocycles. The van der Waals surface area contributed by atoms with Crippen LogP contribution >= 0.6 is 0 Å². The zero-order valence-corrected chi connectivity index (χ0v) is 13.5. The van der Waals surface area contributed by atoms with Crippen LogP contribution in [0.15, 0.2) is 83.6 Å². The fourth-order valence-electron chi connectivity index (χ4n) is 1.94. The third kappa shape index (κ3) is 4.02. The van der Waals surface area contributed by atoms with Gasteiger partial charge in [0.05, 0.1) is 4.90 Å². The van der Waals surface area contributed by atoms with E-state index in [-0.39, 0.29) is 16.4 Å². The van der Waals surface area contributed by atoms with Crippen molar-refractivity contribution in [2.75, 3.05) is 13.2 Å². The first-order valence-corrected chi connectivity index (χ1v) is 8.49. The third-order valence-corrected chi connectivity index (χ3v) is 4.81. The molecule has 0 saturated carbocycles. The van der Waals surface area contributed by atoms with Crippen LogP contribution in [0.4, 0.5) is 0 Å². The molecule has 0 aliphatic heterocycles. The van der Waals surface area contributed by atoms with Crippen molar-refractivity contribution in [2.24, 2.45) is 0 Å². The Balaban J connectivity index is 2.34. The van der Waals surface area contributed by atoms with Gasteiger partial charge in [0.2, 0.25) is 9.84 Å². The molecule has 0 saturated heterocycles. The van der Waals surface area contributed by atoms with E-state index in [1.54, 1.807) is 42.5 Å². The predicted molar refractivity (Wildman–Crippen MR) is 89.7 cm³/mol. The van der Waals surface area contributed by atoms with Gasteiger partial charge in [0, 0.05) is 0 Å². The summed E-state index contributed by atoms with van der Waals surface area (Å²) in [6.07, 6.45) is 3.19. The summed E-state index contributed by atoms with van der Waals surface area (Å²) in [5.41, 5.74) is 0. The average molecular weight is 330 g/mol. The minimum absolute atomic E-state index is 0.126. The van der Waals surface area contributed by atoms with E-state index in [2.05, 4.69) is 13.2 Å². The Morgan fingerprint density at radius 2 is 1.48 bits per heavy atom. The molecule has 0 heterocycles. The molecule has 0 bridgehead atoms. The lowest BCUT2D eigenvalue weighted by Gasteiger charge is -2.11. The van der Waals surface area contributed by atoms with Crippen LogP contribution in [0.1, 0.15) is 0 Å². The van der Waals surface area contributed by atoms with Crippen LogP contribution in [0, 0.1) is 0 Å². The van der Waals surface area contributed by atoms with Gasteiger partial charge in [-0.2, -0.15) is 0 Å². The fraction of sp³-hybridized carbons (Fsp3) is 0.111. The zero-order valence-electron chi connectivity index (χ0n) is 12.6. The SMILES string of the molecule is C=CCOc1ccc(S(=O)(=O)c2ccccc2OCC=C)cc1. The second kappa shape index (κ2) is 7.65. The summed E-state index contributed by atoms with van der Waals surface area (Å²) in [4.78, 5) is 0.305. The molecule has 0 aliphatic rings. The van der Waals surface area contributed by atoms with Crippen LogP contribution in [-0.4, -0.2) is 21.6 Å². The largest absolute Gasteiger partial charge is 0.490 e. The van der Waals surface area contributed by atoms with Crippen molar-refractivity contribution in [3.8, 4) is 11.5 Å². The summed E-state index contributed by atoms with van der Waals surface area (Å²) in [6, 6.07) is 12.8. The number of hydrogen-bond acceptors (Lipinski definition) is 4. The number of para-hydroxylation sites is 1. The maximum Gasteiger partial charge on any atom is 0.210 e. The molecule has 5 heteroatoms. The van der Waals surface area contributed by atoms with Crippen molar-refractivity contribution in [1.29, 1.82) is 0 Å². The standard InChI is InChI=1S/C18H18O4S/c1-3-13-21-15-9-11-16(12-10-15)23(19,20)18-8-6-5-7-17(18)22-14-4-2/h3-12H,1-2,13-14H2. The minimum atomic E-state index is -3.67. The van der Waals surface area contributed by atoms with Gasteiger partial charge in [-0.15, -0.1) is 0 Å². The van der Waals surface area contributed by atoms with E-state index in [4.69, 9.17) is 9.47 Å². The lowest BCUT2D eigenvalue weighted by molar-refractivity contribution is 0.353. The second-order valence-corrected chi connectivity index (χ2v) is 6.54. The molecule has 0 fully saturated rings. The highest BCUT2D eigenvalue weighted by Gasteiger charge is 2.21. The Hall–Kier alpha value is -2.53. The molecule has 0 atom stereocenters. The highest BCUT2D eigenvalue weighted by Crippen LogP contribution is 2.30. The molecule has 2 aromatic rings. The highest BCUT2D eigenvalue weighted by molar-refractivity contribution is 7.91. The quantitative estimate of drug-likeness (QED) is 0.693. The van der Waals surface area contributed by atoms with E-state index in [9.17, 15) is 8.42 Å². The van der Waals surface area contributed by atoms with Crippen LogP contribution in [0.25, 0.3) is 0 Å². The van der Waals surface area contributed by atoms with Crippen LogP contribution in [-0.2, 0) is 9.84 Å². The lowest BCUT2D eigenvalue weighted by atomic mass is 10.3. The topological polar surface area (TPSA) is 52.6 Å². The Labute approximate surface area is 136 Å². The molecule has 0 spiro atoms. The first-order valence-electron chi connectivity index (χ1n) is 7.01. The van der Waals surface area contributed by atoms with E-state index in [0.29, 0.717) is 18.1 Å². The first-order chi connectivity index (χ1) is 11.1. The molecule has 120 valence electrons. The van der Waals surface area contributed by atoms with Crippen molar-refractivity contribution in [3.63, 3.8) is 0 Å². The Bertz CT molecular complexity index is 777. The monoisotopic (exact) mass is 330 g/mol. The smallest absolute Gasteiger partial charge is 0.210 e. The summed E-state index contributed by atoms with van der Waals surface area (Å²) in [7, 11) is -3.67. The van der Waals surface area contributed by atoms with Crippen molar-refractivity contribution in [1.82, 2.24) is 0 Å². The average Bonchev–Trinajstić information content (AvgIpc) is 2.58. The minimum Gasteiger partial charge on any atom is -0.490 e. The van der Waals surface area contributed by atoms with Gasteiger partial charge in [0.15, 0.2) is 0 Å². The van der Waals surface area contributed by atoms with Gasteiger partial charge in [-0.3, -0.25) is 0 Å². The van der Waals surface area contributed by atoms with Crippen molar-refractivity contribution >= 4 is 9.84 Å². The summed E-state index contributed by atoms with van der Waals surface area (Å²) in [5.74, 6) is 0.888. The number of benzene rings is 2. The number of hydrogen-bond donors (Lipinski definition) is 0. The molecular formula is C18H18O4S. The first kappa shape index (κ1) is 16.8. The molecule has 0 aliphatic carbocycles. The third-order valence-electron chi connectivity index (χ3n) is 3.00. The van der Waals surface area contributed by atoms with Crippen molar-refractivity contribution < 1.29 is 17.9 Å². The summed E-state index contributed by atoms with van der Waals surface area (Å²) < 4.78 is 36.4. The van der Waals surface area contributed by atoms with E-state index in [1.165, 1.54) is 18.2 Å². The molecule has 0 radical (unpaired) electrons. The second-order valence-electron chi connectivity index (χ2n) is 4.62. The van der Waals surface area contributed by atoms with Gasteiger partial charge in [-0.25, -0.2) is 8.42 Å². The molecule has 0 amide bonds. The van der Waals surface area contributed by atoms with Crippen LogP contribution in [0.5, 0.6) is 11.5 Å². The molecule has 0 aromatic heterocycles. The maximum absolute atomic E-state index is 12.8. The maximum atomic E-state index is 12.8. The molecule has 0 unspecified atom stereocenters. The molecule has 0 N–H and O–H groups in total. The highest BCUT2D eigenvalue weighted by atomic mass is 32.2. The van der Waals surface area contributed by atoms with E-state index in [0.717, 1.165) is 0 Å². The van der Waals surface area contributed by atoms with Crippen LogP contribution < -0.4 is 9.47 Å². The van der Waals surface area contributed by atoms with Crippen LogP contribution in [0.2, 0.25) is 0 Å². The lowest BCUT2D eigenvalue weighted by Crippen LogP contribution is -2.06. The van der Waals surface area contributed by atoms with Gasteiger partial charge in [0.1, 0.15) is 29.6 Å². The van der Waals surface area contributed by atoms with Gasteiger partial charge in [-0.05, 0) is 36.4 Å². The number of rotatable bonds is 8. The van der Waals surface area contributed by atoms with E-state index < -0.39 is 9.84 Å². The zero-order chi connectivity index (χ0) is 16.7. The molecular weight excluding hydrogens is 312 g/mol. The predicted octanol–water partition coefficient (Wildman–Crippen LogP) is 3.65. The summed E-state index contributed by atoms with van der Waals surface area (Å²) in [6.45, 7) is 7.73. The van der Waals surface area contributed by atoms with Crippen LogP contribution in [0.3, 0.4) is 0 Å². The van der Waals surface area contributed by atoms with E-state index >= 15 is 0 Å². The van der Waals surface area contributed by atoms with Gasteiger partial charge in [-0.1, -0.05) is 37.4 Å².